The van der Waals surface area contributed by atoms with Gasteiger partial charge in [0.2, 0.25) is 0 Å². The monoisotopic (exact) mass is 204 g/mol. The highest BCUT2D eigenvalue weighted by Crippen LogP contribution is 2.19. The Bertz CT molecular complexity index is 427. The lowest BCUT2D eigenvalue weighted by Crippen LogP contribution is -1.85. The second kappa shape index (κ2) is 4.96. The van der Waals surface area contributed by atoms with Crippen LogP contribution in [-0.4, -0.2) is 9.78 Å². The lowest BCUT2D eigenvalue weighted by atomic mass is 10.0. The molecule has 0 N–H and O–H groups in total. The molecule has 0 saturated heterocycles. The Morgan fingerprint density at radius 2 is 1.87 bits per heavy atom. The first-order chi connectivity index (χ1) is 7.16. The average Bonchev–Trinajstić information content (AvgIpc) is 2.59. The maximum Gasteiger partial charge on any atom is 0.0923 e. The number of aryl methyl sites for hydroxylation is 1. The summed E-state index contributed by atoms with van der Waals surface area (Å²) in [5.74, 6) is 0.588. The molecule has 0 aliphatic carbocycles. The molecular weight excluding hydrogens is 184 g/mol. The van der Waals surface area contributed by atoms with Crippen LogP contribution in [0.4, 0.5) is 0 Å². The van der Waals surface area contributed by atoms with Crippen molar-refractivity contribution in [1.82, 2.24) is 9.78 Å². The van der Waals surface area contributed by atoms with Crippen molar-refractivity contribution in [3.05, 3.63) is 30.0 Å². The summed E-state index contributed by atoms with van der Waals surface area (Å²) < 4.78 is 1.86. The van der Waals surface area contributed by atoms with Gasteiger partial charge in [0.25, 0.3) is 0 Å². The van der Waals surface area contributed by atoms with E-state index >= 15 is 0 Å². The van der Waals surface area contributed by atoms with E-state index in [1.54, 1.807) is 0 Å². The summed E-state index contributed by atoms with van der Waals surface area (Å²) in [7, 11) is 1.95. The smallest absolute Gasteiger partial charge is 0.0923 e. The Balaban J connectivity index is 0.000000531. The summed E-state index contributed by atoms with van der Waals surface area (Å²) in [6, 6.07) is 6.46. The van der Waals surface area contributed by atoms with Crippen LogP contribution in [0.15, 0.2) is 24.4 Å². The first-order valence-corrected chi connectivity index (χ1v) is 5.60. The topological polar surface area (TPSA) is 17.8 Å². The van der Waals surface area contributed by atoms with Gasteiger partial charge in [0.15, 0.2) is 0 Å². The zero-order valence-corrected chi connectivity index (χ0v) is 10.3. The molecule has 0 unspecified atom stereocenters. The molecule has 0 bridgehead atoms. The zero-order valence-electron chi connectivity index (χ0n) is 10.3. The normalized spacial score (nSPS) is 10.3. The number of rotatable bonds is 1. The van der Waals surface area contributed by atoms with Crippen LogP contribution in [0.5, 0.6) is 0 Å². The minimum absolute atomic E-state index is 0.588. The zero-order chi connectivity index (χ0) is 11.4. The quantitative estimate of drug-likeness (QED) is 0.692. The van der Waals surface area contributed by atoms with E-state index in [1.165, 1.54) is 10.9 Å². The van der Waals surface area contributed by atoms with Gasteiger partial charge in [-0.3, -0.25) is 4.68 Å². The molecule has 0 aliphatic rings. The van der Waals surface area contributed by atoms with E-state index in [0.717, 1.165) is 5.52 Å². The van der Waals surface area contributed by atoms with Gasteiger partial charge >= 0.3 is 0 Å². The van der Waals surface area contributed by atoms with Crippen LogP contribution in [0.25, 0.3) is 10.9 Å². The molecule has 2 heteroatoms. The van der Waals surface area contributed by atoms with E-state index in [0.29, 0.717) is 5.92 Å². The third kappa shape index (κ3) is 2.58. The molecule has 0 aliphatic heterocycles. The second-order valence-corrected chi connectivity index (χ2v) is 3.78. The van der Waals surface area contributed by atoms with Gasteiger partial charge in [-0.25, -0.2) is 0 Å². The minimum atomic E-state index is 0.588. The molecular formula is C13H20N2. The number of aromatic nitrogens is 2. The second-order valence-electron chi connectivity index (χ2n) is 3.78. The van der Waals surface area contributed by atoms with Gasteiger partial charge in [0.1, 0.15) is 0 Å². The van der Waals surface area contributed by atoms with Gasteiger partial charge in [0.05, 0.1) is 5.52 Å². The molecule has 0 saturated carbocycles. The third-order valence-corrected chi connectivity index (χ3v) is 2.31. The van der Waals surface area contributed by atoms with Gasteiger partial charge in [-0.2, -0.15) is 5.10 Å². The van der Waals surface area contributed by atoms with E-state index in [9.17, 15) is 0 Å². The van der Waals surface area contributed by atoms with Crippen molar-refractivity contribution >= 4 is 10.9 Å². The standard InChI is InChI=1S/C11H14N2.C2H6/c1-8(2)9-4-5-11-10(6-9)7-13(3)12-11;1-2/h4-8H,1-3H3;1-2H3. The molecule has 82 valence electrons. The van der Waals surface area contributed by atoms with E-state index < -0.39 is 0 Å². The van der Waals surface area contributed by atoms with E-state index in [1.807, 2.05) is 25.6 Å². The summed E-state index contributed by atoms with van der Waals surface area (Å²) in [4.78, 5) is 0. The van der Waals surface area contributed by atoms with Crippen LogP contribution in [0.1, 0.15) is 39.2 Å². The van der Waals surface area contributed by atoms with Gasteiger partial charge in [0, 0.05) is 18.6 Å². The highest BCUT2D eigenvalue weighted by atomic mass is 15.2. The molecule has 2 rings (SSSR count). The van der Waals surface area contributed by atoms with Crippen molar-refractivity contribution < 1.29 is 0 Å². The van der Waals surface area contributed by atoms with Crippen LogP contribution in [0, 0.1) is 0 Å². The van der Waals surface area contributed by atoms with Crippen LogP contribution in [-0.2, 0) is 7.05 Å². The minimum Gasteiger partial charge on any atom is -0.275 e. The molecule has 1 heterocycles. The van der Waals surface area contributed by atoms with Crippen molar-refractivity contribution in [3.8, 4) is 0 Å². The van der Waals surface area contributed by atoms with Crippen LogP contribution < -0.4 is 0 Å². The van der Waals surface area contributed by atoms with Gasteiger partial charge in [-0.05, 0) is 23.6 Å². The van der Waals surface area contributed by atoms with Gasteiger partial charge in [-0.1, -0.05) is 33.8 Å². The molecule has 0 amide bonds. The molecule has 1 aromatic carbocycles. The first-order valence-electron chi connectivity index (χ1n) is 5.60. The first kappa shape index (κ1) is 11.8. The van der Waals surface area contributed by atoms with E-state index in [-0.39, 0.29) is 0 Å². The molecule has 0 fully saturated rings. The summed E-state index contributed by atoms with van der Waals surface area (Å²) in [6.45, 7) is 8.41. The number of fused-ring (bicyclic) bond motifs is 1. The maximum atomic E-state index is 4.33. The largest absolute Gasteiger partial charge is 0.275 e. The van der Waals surface area contributed by atoms with Gasteiger partial charge in [-0.15, -0.1) is 0 Å². The molecule has 1 aromatic heterocycles. The van der Waals surface area contributed by atoms with Crippen molar-refractivity contribution in [2.75, 3.05) is 0 Å². The van der Waals surface area contributed by atoms with Crippen LogP contribution >= 0.6 is 0 Å². The summed E-state index contributed by atoms with van der Waals surface area (Å²) in [6.07, 6.45) is 2.06. The lowest BCUT2D eigenvalue weighted by Gasteiger charge is -2.03. The Morgan fingerprint density at radius 3 is 2.47 bits per heavy atom. The van der Waals surface area contributed by atoms with Crippen molar-refractivity contribution in [2.24, 2.45) is 7.05 Å². The lowest BCUT2D eigenvalue weighted by molar-refractivity contribution is 0.780. The summed E-state index contributed by atoms with van der Waals surface area (Å²) in [5, 5.41) is 5.56. The molecule has 0 atom stereocenters. The Labute approximate surface area is 91.9 Å². The number of hydrogen-bond donors (Lipinski definition) is 0. The molecule has 0 spiro atoms. The number of benzene rings is 1. The number of hydrogen-bond acceptors (Lipinski definition) is 1. The fraction of sp³-hybridized carbons (Fsp3) is 0.462. The Hall–Kier alpha value is -1.31. The van der Waals surface area contributed by atoms with Gasteiger partial charge < -0.3 is 0 Å². The summed E-state index contributed by atoms with van der Waals surface area (Å²) in [5.41, 5.74) is 2.45. The predicted octanol–water partition coefficient (Wildman–Crippen LogP) is 3.72. The average molecular weight is 204 g/mol. The van der Waals surface area contributed by atoms with Crippen LogP contribution in [0.2, 0.25) is 0 Å². The molecule has 0 radical (unpaired) electrons. The van der Waals surface area contributed by atoms with Crippen LogP contribution in [0.3, 0.4) is 0 Å². The Kier molecular flexibility index (Phi) is 3.89. The van der Waals surface area contributed by atoms with Crippen molar-refractivity contribution in [1.29, 1.82) is 0 Å². The Morgan fingerprint density at radius 1 is 1.20 bits per heavy atom. The SMILES string of the molecule is CC.CC(C)c1ccc2nn(C)cc2c1. The maximum absolute atomic E-state index is 4.33. The molecule has 2 nitrogen and oxygen atoms in total. The highest BCUT2D eigenvalue weighted by Gasteiger charge is 2.02. The van der Waals surface area contributed by atoms with E-state index in [4.69, 9.17) is 0 Å². The highest BCUT2D eigenvalue weighted by molar-refractivity contribution is 5.78. The van der Waals surface area contributed by atoms with Crippen molar-refractivity contribution in [3.63, 3.8) is 0 Å². The fourth-order valence-electron chi connectivity index (χ4n) is 1.53. The number of nitrogens with zero attached hydrogens (tertiary/aromatic N) is 2. The third-order valence-electron chi connectivity index (χ3n) is 2.31. The fourth-order valence-corrected chi connectivity index (χ4v) is 1.53. The molecule has 15 heavy (non-hydrogen) atoms. The van der Waals surface area contributed by atoms with E-state index in [2.05, 4.69) is 43.3 Å². The summed E-state index contributed by atoms with van der Waals surface area (Å²) >= 11 is 0. The van der Waals surface area contributed by atoms with Crippen molar-refractivity contribution in [2.45, 2.75) is 33.6 Å². The molecule has 2 aromatic rings. The predicted molar refractivity (Wildman–Crippen MR) is 66.2 cm³/mol.